The predicted octanol–water partition coefficient (Wildman–Crippen LogP) is 2.40. The minimum absolute atomic E-state index is 0.106. The van der Waals surface area contributed by atoms with Gasteiger partial charge in [0, 0.05) is 32.0 Å². The molecule has 24 heavy (non-hydrogen) atoms. The number of benzene rings is 1. The number of amides is 2. The van der Waals surface area contributed by atoms with Gasteiger partial charge < -0.3 is 24.8 Å². The van der Waals surface area contributed by atoms with Crippen molar-refractivity contribution in [2.75, 3.05) is 32.6 Å². The first-order chi connectivity index (χ1) is 11.5. The van der Waals surface area contributed by atoms with Crippen molar-refractivity contribution in [2.24, 2.45) is 5.41 Å². The smallest absolute Gasteiger partial charge is 0.321 e. The number of rotatable bonds is 3. The first-order valence-electron chi connectivity index (χ1n) is 8.41. The van der Waals surface area contributed by atoms with E-state index in [4.69, 9.17) is 9.47 Å². The average Bonchev–Trinajstić information content (AvgIpc) is 2.59. The lowest BCUT2D eigenvalue weighted by Crippen LogP contribution is -2.62. The Labute approximate surface area is 142 Å². The summed E-state index contributed by atoms with van der Waals surface area (Å²) in [7, 11) is 3.29. The summed E-state index contributed by atoms with van der Waals surface area (Å²) in [5.74, 6) is 0.649. The number of urea groups is 1. The van der Waals surface area contributed by atoms with Crippen LogP contribution in [0.3, 0.4) is 0 Å². The van der Waals surface area contributed by atoms with Crippen molar-refractivity contribution < 1.29 is 19.4 Å². The Morgan fingerprint density at radius 3 is 2.62 bits per heavy atom. The second kappa shape index (κ2) is 6.61. The summed E-state index contributed by atoms with van der Waals surface area (Å²) in [6.45, 7) is 3.22. The maximum Gasteiger partial charge on any atom is 0.321 e. The number of hydrogen-bond donors (Lipinski definition) is 2. The van der Waals surface area contributed by atoms with Gasteiger partial charge in [-0.1, -0.05) is 6.07 Å². The quantitative estimate of drug-likeness (QED) is 0.890. The Kier molecular flexibility index (Phi) is 4.69. The number of nitrogens with zero attached hydrogens (tertiary/aromatic N) is 1. The third-order valence-electron chi connectivity index (χ3n) is 5.60. The largest absolute Gasteiger partial charge is 0.495 e. The third-order valence-corrected chi connectivity index (χ3v) is 5.60. The third kappa shape index (κ3) is 2.84. The number of carbonyl (C=O) groups excluding carboxylic acids is 1. The number of piperidine rings is 1. The van der Waals surface area contributed by atoms with E-state index in [1.165, 1.54) is 0 Å². The SMILES string of the molecule is COc1ccc(C)cc1NC(=O)N1CCC2(CC1)[C@H](O)C[C@@H]2OC. The van der Waals surface area contributed by atoms with Crippen molar-refractivity contribution in [3.05, 3.63) is 23.8 Å². The first-order valence-corrected chi connectivity index (χ1v) is 8.41. The number of hydrogen-bond acceptors (Lipinski definition) is 4. The molecule has 2 amide bonds. The van der Waals surface area contributed by atoms with Gasteiger partial charge in [-0.05, 0) is 37.5 Å². The molecule has 1 aliphatic heterocycles. The molecule has 0 aromatic heterocycles. The molecule has 1 aromatic rings. The number of likely N-dealkylation sites (tertiary alicyclic amines) is 1. The van der Waals surface area contributed by atoms with E-state index < -0.39 is 0 Å². The lowest BCUT2D eigenvalue weighted by Gasteiger charge is -2.56. The zero-order chi connectivity index (χ0) is 17.3. The molecule has 1 saturated heterocycles. The monoisotopic (exact) mass is 334 g/mol. The summed E-state index contributed by atoms with van der Waals surface area (Å²) >= 11 is 0. The summed E-state index contributed by atoms with van der Waals surface area (Å²) in [6, 6.07) is 5.57. The Balaban J connectivity index is 1.63. The second-order valence-electron chi connectivity index (χ2n) is 6.83. The molecule has 132 valence electrons. The van der Waals surface area contributed by atoms with Gasteiger partial charge in [0.1, 0.15) is 5.75 Å². The fourth-order valence-electron chi connectivity index (χ4n) is 3.95. The Hall–Kier alpha value is -1.79. The van der Waals surface area contributed by atoms with Gasteiger partial charge in [-0.2, -0.15) is 0 Å². The highest BCUT2D eigenvalue weighted by atomic mass is 16.5. The van der Waals surface area contributed by atoms with Crippen LogP contribution >= 0.6 is 0 Å². The van der Waals surface area contributed by atoms with Crippen LogP contribution < -0.4 is 10.1 Å². The summed E-state index contributed by atoms with van der Waals surface area (Å²) in [4.78, 5) is 14.4. The average molecular weight is 334 g/mol. The van der Waals surface area contributed by atoms with E-state index in [0.29, 0.717) is 30.9 Å². The van der Waals surface area contributed by atoms with E-state index in [2.05, 4.69) is 5.32 Å². The highest BCUT2D eigenvalue weighted by molar-refractivity contribution is 5.91. The summed E-state index contributed by atoms with van der Waals surface area (Å²) < 4.78 is 10.8. The van der Waals surface area contributed by atoms with Crippen LogP contribution in [0.15, 0.2) is 18.2 Å². The van der Waals surface area contributed by atoms with E-state index in [0.717, 1.165) is 18.4 Å². The van der Waals surface area contributed by atoms with Crippen LogP contribution in [0.2, 0.25) is 0 Å². The maximum absolute atomic E-state index is 12.6. The molecule has 1 aliphatic carbocycles. The number of carbonyl (C=O) groups is 1. The molecule has 6 nitrogen and oxygen atoms in total. The van der Waals surface area contributed by atoms with E-state index in [1.807, 2.05) is 25.1 Å². The fourth-order valence-corrected chi connectivity index (χ4v) is 3.95. The zero-order valence-electron chi connectivity index (χ0n) is 14.5. The van der Waals surface area contributed by atoms with Crippen molar-refractivity contribution in [3.63, 3.8) is 0 Å². The van der Waals surface area contributed by atoms with Crippen LogP contribution in [0, 0.1) is 12.3 Å². The standard InChI is InChI=1S/C18H26N2O4/c1-12-4-5-14(23-2)13(10-12)19-17(22)20-8-6-18(7-9-20)15(21)11-16(18)24-3/h4-5,10,15-16,21H,6-9,11H2,1-3H3,(H,19,22)/t15-,16+/m1/s1. The molecule has 0 unspecified atom stereocenters. The van der Waals surface area contributed by atoms with Crippen LogP contribution in [-0.4, -0.2) is 55.6 Å². The molecule has 0 radical (unpaired) electrons. The van der Waals surface area contributed by atoms with Crippen LogP contribution in [0.25, 0.3) is 0 Å². The number of methoxy groups -OCH3 is 2. The van der Waals surface area contributed by atoms with Crippen molar-refractivity contribution in [3.8, 4) is 5.75 Å². The molecule has 1 aromatic carbocycles. The number of anilines is 1. The molecule has 1 heterocycles. The molecule has 1 saturated carbocycles. The molecule has 1 spiro atoms. The van der Waals surface area contributed by atoms with Crippen molar-refractivity contribution >= 4 is 11.7 Å². The van der Waals surface area contributed by atoms with Crippen molar-refractivity contribution in [1.82, 2.24) is 4.90 Å². The maximum atomic E-state index is 12.6. The molecular weight excluding hydrogens is 308 g/mol. The lowest BCUT2D eigenvalue weighted by atomic mass is 9.58. The number of nitrogens with one attached hydrogen (secondary N) is 1. The van der Waals surface area contributed by atoms with Gasteiger partial charge in [-0.15, -0.1) is 0 Å². The van der Waals surface area contributed by atoms with Gasteiger partial charge in [-0.25, -0.2) is 4.79 Å². The number of aliphatic hydroxyl groups excluding tert-OH is 1. The summed E-state index contributed by atoms with van der Waals surface area (Å²) in [5, 5.41) is 13.1. The van der Waals surface area contributed by atoms with Gasteiger partial charge in [0.05, 0.1) is 25.0 Å². The zero-order valence-corrected chi connectivity index (χ0v) is 14.5. The lowest BCUT2D eigenvalue weighted by molar-refractivity contribution is -0.198. The number of aryl methyl sites for hydroxylation is 1. The molecule has 2 aliphatic rings. The minimum atomic E-state index is -0.315. The van der Waals surface area contributed by atoms with Gasteiger partial charge >= 0.3 is 6.03 Å². The first kappa shape index (κ1) is 17.0. The minimum Gasteiger partial charge on any atom is -0.495 e. The molecule has 6 heteroatoms. The number of aliphatic hydroxyl groups is 1. The van der Waals surface area contributed by atoms with E-state index >= 15 is 0 Å². The van der Waals surface area contributed by atoms with Gasteiger partial charge in [0.2, 0.25) is 0 Å². The molecule has 2 atom stereocenters. The number of ether oxygens (including phenoxy) is 2. The molecule has 2 N–H and O–H groups in total. The van der Waals surface area contributed by atoms with Crippen LogP contribution in [0.5, 0.6) is 5.75 Å². The predicted molar refractivity (Wildman–Crippen MR) is 91.4 cm³/mol. The summed E-state index contributed by atoms with van der Waals surface area (Å²) in [6.07, 6.45) is 2.03. The second-order valence-corrected chi connectivity index (χ2v) is 6.83. The van der Waals surface area contributed by atoms with E-state index in [-0.39, 0.29) is 23.7 Å². The van der Waals surface area contributed by atoms with Crippen LogP contribution in [0.4, 0.5) is 10.5 Å². The van der Waals surface area contributed by atoms with E-state index in [1.54, 1.807) is 19.1 Å². The van der Waals surface area contributed by atoms with Crippen molar-refractivity contribution in [2.45, 2.75) is 38.4 Å². The van der Waals surface area contributed by atoms with Gasteiger partial charge in [-0.3, -0.25) is 0 Å². The molecule has 0 bridgehead atoms. The Bertz CT molecular complexity index is 611. The normalized spacial score (nSPS) is 25.2. The Morgan fingerprint density at radius 1 is 1.33 bits per heavy atom. The highest BCUT2D eigenvalue weighted by Crippen LogP contribution is 2.50. The van der Waals surface area contributed by atoms with Gasteiger partial charge in [0.15, 0.2) is 0 Å². The molecular formula is C18H26N2O4. The summed E-state index contributed by atoms with van der Waals surface area (Å²) in [5.41, 5.74) is 1.57. The highest BCUT2D eigenvalue weighted by Gasteiger charge is 2.56. The molecule has 3 rings (SSSR count). The molecule has 2 fully saturated rings. The van der Waals surface area contributed by atoms with Crippen LogP contribution in [0.1, 0.15) is 24.8 Å². The van der Waals surface area contributed by atoms with Gasteiger partial charge in [0.25, 0.3) is 0 Å². The van der Waals surface area contributed by atoms with E-state index in [9.17, 15) is 9.90 Å². The fraction of sp³-hybridized carbons (Fsp3) is 0.611. The Morgan fingerprint density at radius 2 is 2.04 bits per heavy atom. The van der Waals surface area contributed by atoms with Crippen LogP contribution in [-0.2, 0) is 4.74 Å². The van der Waals surface area contributed by atoms with Crippen molar-refractivity contribution in [1.29, 1.82) is 0 Å². The topological polar surface area (TPSA) is 71.0 Å².